The number of fused-ring (bicyclic) bond motifs is 2. The smallest absolute Gasteiger partial charge is 0.218 e. The van der Waals surface area contributed by atoms with E-state index in [0.717, 1.165) is 18.4 Å². The van der Waals surface area contributed by atoms with Crippen LogP contribution in [0.4, 0.5) is 0 Å². The number of benzene rings is 1. The summed E-state index contributed by atoms with van der Waals surface area (Å²) >= 11 is 0. The van der Waals surface area contributed by atoms with Crippen molar-refractivity contribution < 1.29 is 9.47 Å². The molecule has 0 unspecified atom stereocenters. The number of nitriles is 3. The van der Waals surface area contributed by atoms with Gasteiger partial charge in [0.15, 0.2) is 10.8 Å². The lowest BCUT2D eigenvalue weighted by molar-refractivity contribution is -0.349. The summed E-state index contributed by atoms with van der Waals surface area (Å²) in [6.07, 6.45) is 3.71. The lowest BCUT2D eigenvalue weighted by atomic mass is 9.48. The quantitative estimate of drug-likeness (QED) is 0.845. The third-order valence-corrected chi connectivity index (χ3v) is 6.42. The van der Waals surface area contributed by atoms with Crippen LogP contribution in [0, 0.1) is 56.2 Å². The third kappa shape index (κ3) is 2.06. The molecule has 4 fully saturated rings. The van der Waals surface area contributed by atoms with E-state index in [-0.39, 0.29) is 5.90 Å². The summed E-state index contributed by atoms with van der Waals surface area (Å²) in [6.45, 7) is 1.82. The molecule has 1 spiro atoms. The summed E-state index contributed by atoms with van der Waals surface area (Å²) in [5, 5.41) is 39.1. The van der Waals surface area contributed by atoms with Crippen molar-refractivity contribution in [3.63, 3.8) is 0 Å². The van der Waals surface area contributed by atoms with Gasteiger partial charge in [0.1, 0.15) is 6.10 Å². The Morgan fingerprint density at radius 2 is 1.86 bits per heavy atom. The molecule has 6 nitrogen and oxygen atoms in total. The summed E-state index contributed by atoms with van der Waals surface area (Å²) in [5.41, 5.74) is -1.87. The maximum absolute atomic E-state index is 10.2. The summed E-state index contributed by atoms with van der Waals surface area (Å²) in [6, 6.07) is 16.0. The second kappa shape index (κ2) is 6.20. The van der Waals surface area contributed by atoms with Gasteiger partial charge in [-0.15, -0.1) is 0 Å². The Morgan fingerprint density at radius 3 is 2.50 bits per heavy atom. The summed E-state index contributed by atoms with van der Waals surface area (Å²) in [7, 11) is 0. The molecule has 4 atom stereocenters. The number of hydrogen-bond acceptors (Lipinski definition) is 6. The van der Waals surface area contributed by atoms with Gasteiger partial charge in [-0.2, -0.15) is 15.8 Å². The van der Waals surface area contributed by atoms with Crippen molar-refractivity contribution in [2.75, 3.05) is 0 Å². The number of nitrogens with zero attached hydrogens (tertiary/aromatic N) is 3. The minimum absolute atomic E-state index is 0.326. The van der Waals surface area contributed by atoms with E-state index in [1.54, 1.807) is 0 Å². The Kier molecular flexibility index (Phi) is 4.03. The minimum atomic E-state index is -1.80. The van der Waals surface area contributed by atoms with Gasteiger partial charge >= 0.3 is 0 Å². The number of nitrogens with one attached hydrogen (secondary N) is 1. The Morgan fingerprint density at radius 1 is 1.14 bits per heavy atom. The van der Waals surface area contributed by atoms with Crippen LogP contribution in [0.15, 0.2) is 35.9 Å². The fraction of sp³-hybridized carbons (Fsp3) is 0.455. The zero-order chi connectivity index (χ0) is 20.0. The van der Waals surface area contributed by atoms with Crippen LogP contribution in [0.1, 0.15) is 38.2 Å². The van der Waals surface area contributed by atoms with E-state index < -0.39 is 28.6 Å². The van der Waals surface area contributed by atoms with Crippen LogP contribution in [-0.2, 0) is 9.47 Å². The highest BCUT2D eigenvalue weighted by Gasteiger charge is 2.80. The second-order valence-corrected chi connectivity index (χ2v) is 7.79. The largest absolute Gasteiger partial charge is 0.447 e. The third-order valence-electron chi connectivity index (χ3n) is 6.42. The second-order valence-electron chi connectivity index (χ2n) is 7.79. The molecule has 1 aromatic carbocycles. The Hall–Kier alpha value is -3.14. The highest BCUT2D eigenvalue weighted by molar-refractivity contribution is 5.89. The zero-order valence-corrected chi connectivity index (χ0v) is 15.6. The van der Waals surface area contributed by atoms with E-state index in [9.17, 15) is 15.8 Å². The lowest BCUT2D eigenvalue weighted by Crippen LogP contribution is -2.76. The standard InChI is InChI=1S/C22H20N4O2/c1-15(11-16-7-3-2-4-8-16)18-21(14-25)19(26)28-22(27-18)10-6-5-9-17(22)20(21,12-23)13-24/h2-4,7-8,11,17-18,26H,5-6,9-10H2,1H3/b15-11+,26-19?/t17-,18+,21-,22-/m1/s1. The molecule has 0 aromatic heterocycles. The van der Waals surface area contributed by atoms with E-state index in [0.29, 0.717) is 18.4 Å². The summed E-state index contributed by atoms with van der Waals surface area (Å²) in [4.78, 5) is 0. The SMILES string of the molecule is C/C(=C\c1ccccc1)[C@@H]1O[C@@]23CCCC[C@@H]2C(C#N)(C#N)[C@@]1(C#N)C(=N)O3. The first kappa shape index (κ1) is 18.2. The first-order chi connectivity index (χ1) is 13.5. The minimum Gasteiger partial charge on any atom is -0.447 e. The van der Waals surface area contributed by atoms with Crippen molar-refractivity contribution in [2.45, 2.75) is 44.5 Å². The van der Waals surface area contributed by atoms with Crippen molar-refractivity contribution >= 4 is 12.0 Å². The maximum atomic E-state index is 10.2. The van der Waals surface area contributed by atoms with Crippen molar-refractivity contribution in [1.29, 1.82) is 21.2 Å². The van der Waals surface area contributed by atoms with Crippen LogP contribution >= 0.6 is 0 Å². The van der Waals surface area contributed by atoms with Crippen LogP contribution in [0.3, 0.4) is 0 Å². The Balaban J connectivity index is 1.93. The van der Waals surface area contributed by atoms with Crippen molar-refractivity contribution in [3.05, 3.63) is 41.5 Å². The number of ether oxygens (including phenoxy) is 2. The number of rotatable bonds is 2. The van der Waals surface area contributed by atoms with Gasteiger partial charge in [0.25, 0.3) is 0 Å². The highest BCUT2D eigenvalue weighted by atomic mass is 16.7. The highest BCUT2D eigenvalue weighted by Crippen LogP contribution is 2.66. The molecule has 28 heavy (non-hydrogen) atoms. The van der Waals surface area contributed by atoms with Gasteiger partial charge in [0, 0.05) is 6.42 Å². The predicted octanol–water partition coefficient (Wildman–Crippen LogP) is 3.93. The van der Waals surface area contributed by atoms with Gasteiger partial charge < -0.3 is 9.47 Å². The summed E-state index contributed by atoms with van der Waals surface area (Å²) in [5.74, 6) is -2.08. The molecule has 4 aliphatic rings. The summed E-state index contributed by atoms with van der Waals surface area (Å²) < 4.78 is 12.2. The molecule has 1 aliphatic carbocycles. The molecule has 2 bridgehead atoms. The van der Waals surface area contributed by atoms with Gasteiger partial charge in [-0.05, 0) is 30.9 Å². The first-order valence-corrected chi connectivity index (χ1v) is 9.42. The van der Waals surface area contributed by atoms with Crippen molar-refractivity contribution in [1.82, 2.24) is 0 Å². The van der Waals surface area contributed by atoms with Crippen LogP contribution in [0.5, 0.6) is 0 Å². The molecular formula is C22H20N4O2. The molecule has 1 aromatic rings. The van der Waals surface area contributed by atoms with Gasteiger partial charge in [0.2, 0.25) is 11.7 Å². The molecule has 140 valence electrons. The lowest BCUT2D eigenvalue weighted by Gasteiger charge is -2.63. The average Bonchev–Trinajstić information content (AvgIpc) is 2.72. The van der Waals surface area contributed by atoms with Gasteiger partial charge in [-0.1, -0.05) is 42.8 Å². The van der Waals surface area contributed by atoms with Gasteiger partial charge in [-0.3, -0.25) is 5.41 Å². The van der Waals surface area contributed by atoms with Crippen LogP contribution in [0.2, 0.25) is 0 Å². The fourth-order valence-electron chi connectivity index (χ4n) is 5.15. The molecule has 1 saturated carbocycles. The van der Waals surface area contributed by atoms with Crippen LogP contribution < -0.4 is 0 Å². The first-order valence-electron chi connectivity index (χ1n) is 9.42. The monoisotopic (exact) mass is 372 g/mol. The molecule has 3 heterocycles. The zero-order valence-electron chi connectivity index (χ0n) is 15.6. The Labute approximate surface area is 164 Å². The maximum Gasteiger partial charge on any atom is 0.218 e. The van der Waals surface area contributed by atoms with E-state index >= 15 is 0 Å². The van der Waals surface area contributed by atoms with Crippen LogP contribution in [-0.4, -0.2) is 17.8 Å². The Bertz CT molecular complexity index is 967. The fourth-order valence-corrected chi connectivity index (χ4v) is 5.15. The van der Waals surface area contributed by atoms with Crippen molar-refractivity contribution in [3.8, 4) is 18.2 Å². The molecule has 6 heteroatoms. The molecule has 5 rings (SSSR count). The van der Waals surface area contributed by atoms with E-state index in [1.807, 2.05) is 43.3 Å². The average molecular weight is 372 g/mol. The van der Waals surface area contributed by atoms with Crippen molar-refractivity contribution in [2.24, 2.45) is 16.7 Å². The van der Waals surface area contributed by atoms with E-state index in [4.69, 9.17) is 14.9 Å². The molecule has 0 radical (unpaired) electrons. The normalized spacial score (nSPS) is 35.6. The van der Waals surface area contributed by atoms with E-state index in [2.05, 4.69) is 18.2 Å². The number of hydrogen-bond donors (Lipinski definition) is 1. The van der Waals surface area contributed by atoms with Gasteiger partial charge in [0.05, 0.1) is 24.1 Å². The molecule has 0 amide bonds. The molecule has 3 saturated heterocycles. The van der Waals surface area contributed by atoms with Crippen LogP contribution in [0.25, 0.3) is 6.08 Å². The molecular weight excluding hydrogens is 352 g/mol. The van der Waals surface area contributed by atoms with Gasteiger partial charge in [-0.25, -0.2) is 0 Å². The predicted molar refractivity (Wildman–Crippen MR) is 100 cm³/mol. The molecule has 3 aliphatic heterocycles. The van der Waals surface area contributed by atoms with E-state index in [1.165, 1.54) is 0 Å². The topological polar surface area (TPSA) is 114 Å². The molecule has 1 N–H and O–H groups in total.